The molecule has 0 bridgehead atoms. The third-order valence-electron chi connectivity index (χ3n) is 4.78. The zero-order valence-corrected chi connectivity index (χ0v) is 16.7. The molecule has 0 atom stereocenters. The van der Waals surface area contributed by atoms with E-state index in [0.29, 0.717) is 49.2 Å². The van der Waals surface area contributed by atoms with Gasteiger partial charge in [-0.15, -0.1) is 5.10 Å². The molecule has 1 aliphatic heterocycles. The summed E-state index contributed by atoms with van der Waals surface area (Å²) in [5, 5.41) is 7.67. The van der Waals surface area contributed by atoms with Crippen molar-refractivity contribution >= 4 is 17.4 Å². The highest BCUT2D eigenvalue weighted by Gasteiger charge is 2.31. The fraction of sp³-hybridized carbons (Fsp3) is 0.389. The highest BCUT2D eigenvalue weighted by molar-refractivity contribution is 7.07. The Balaban J connectivity index is 1.36. The summed E-state index contributed by atoms with van der Waals surface area (Å²) in [6.07, 6.45) is -4.44. The first-order valence-corrected chi connectivity index (χ1v) is 9.89. The number of hydrogen-bond donors (Lipinski definition) is 0. The highest BCUT2D eigenvalue weighted by Crippen LogP contribution is 2.31. The Morgan fingerprint density at radius 2 is 2.00 bits per heavy atom. The van der Waals surface area contributed by atoms with Crippen molar-refractivity contribution in [3.8, 4) is 11.4 Å². The van der Waals surface area contributed by atoms with Gasteiger partial charge in [-0.25, -0.2) is 0 Å². The normalized spacial score (nSPS) is 15.5. The molecule has 0 saturated carbocycles. The van der Waals surface area contributed by atoms with Gasteiger partial charge >= 0.3 is 6.18 Å². The van der Waals surface area contributed by atoms with Crippen molar-refractivity contribution in [1.82, 2.24) is 29.5 Å². The quantitative estimate of drug-likeness (QED) is 0.619. The van der Waals surface area contributed by atoms with Gasteiger partial charge in [0.25, 0.3) is 5.91 Å². The van der Waals surface area contributed by atoms with E-state index >= 15 is 0 Å². The summed E-state index contributed by atoms with van der Waals surface area (Å²) in [5.74, 6) is 0.342. The molecule has 1 saturated heterocycles. The molecule has 12 heteroatoms. The largest absolute Gasteiger partial charge is 0.416 e. The Bertz CT molecular complexity index is 1040. The second kappa shape index (κ2) is 8.11. The van der Waals surface area contributed by atoms with E-state index in [1.807, 2.05) is 4.90 Å². The monoisotopic (exact) mass is 438 g/mol. The predicted molar refractivity (Wildman–Crippen MR) is 101 cm³/mol. The van der Waals surface area contributed by atoms with Crippen LogP contribution in [-0.4, -0.2) is 61.6 Å². The predicted octanol–water partition coefficient (Wildman–Crippen LogP) is 2.87. The molecule has 0 aliphatic carbocycles. The summed E-state index contributed by atoms with van der Waals surface area (Å²) in [4.78, 5) is 21.1. The first-order valence-electron chi connectivity index (χ1n) is 9.12. The second-order valence-electron chi connectivity index (χ2n) is 6.85. The lowest BCUT2D eigenvalue weighted by molar-refractivity contribution is -0.137. The standard InChI is InChI=1S/C18H17F3N6O2S/c1-11-15(30-25-23-11)17(28)27-7-5-26(6-8-27)10-14-22-16(24-29-14)12-3-2-4-13(9-12)18(19,20)21/h2-4,9H,5-8,10H2,1H3. The molecule has 1 aromatic carbocycles. The lowest BCUT2D eigenvalue weighted by Gasteiger charge is -2.33. The Hall–Kier alpha value is -2.86. The minimum absolute atomic E-state index is 0.0771. The number of aryl methyl sites for hydroxylation is 1. The number of aromatic nitrogens is 4. The van der Waals surface area contributed by atoms with Crippen molar-refractivity contribution in [2.45, 2.75) is 19.6 Å². The van der Waals surface area contributed by atoms with Crippen molar-refractivity contribution < 1.29 is 22.5 Å². The van der Waals surface area contributed by atoms with Crippen LogP contribution in [0.3, 0.4) is 0 Å². The number of hydrogen-bond acceptors (Lipinski definition) is 8. The smallest absolute Gasteiger partial charge is 0.338 e. The Morgan fingerprint density at radius 1 is 1.23 bits per heavy atom. The van der Waals surface area contributed by atoms with Crippen molar-refractivity contribution in [1.29, 1.82) is 0 Å². The van der Waals surface area contributed by atoms with E-state index in [2.05, 4.69) is 19.7 Å². The Kier molecular flexibility index (Phi) is 5.52. The number of halogens is 3. The van der Waals surface area contributed by atoms with Gasteiger partial charge in [-0.1, -0.05) is 21.8 Å². The maximum Gasteiger partial charge on any atom is 0.416 e. The Morgan fingerprint density at radius 3 is 2.67 bits per heavy atom. The van der Waals surface area contributed by atoms with Gasteiger partial charge in [0.05, 0.1) is 17.8 Å². The number of alkyl halides is 3. The van der Waals surface area contributed by atoms with Crippen LogP contribution in [0.15, 0.2) is 28.8 Å². The van der Waals surface area contributed by atoms with Gasteiger partial charge in [-0.3, -0.25) is 9.69 Å². The number of piperazine rings is 1. The van der Waals surface area contributed by atoms with Crippen molar-refractivity contribution in [2.75, 3.05) is 26.2 Å². The zero-order chi connectivity index (χ0) is 21.3. The average molecular weight is 438 g/mol. The van der Waals surface area contributed by atoms with Crippen molar-refractivity contribution in [3.63, 3.8) is 0 Å². The molecule has 1 aliphatic rings. The third-order valence-corrected chi connectivity index (χ3v) is 5.60. The minimum Gasteiger partial charge on any atom is -0.338 e. The van der Waals surface area contributed by atoms with Crippen LogP contribution in [0.4, 0.5) is 13.2 Å². The summed E-state index contributed by atoms with van der Waals surface area (Å²) in [7, 11) is 0. The van der Waals surface area contributed by atoms with Gasteiger partial charge in [-0.05, 0) is 30.6 Å². The topological polar surface area (TPSA) is 88.3 Å². The van der Waals surface area contributed by atoms with E-state index in [0.717, 1.165) is 23.7 Å². The van der Waals surface area contributed by atoms with Crippen LogP contribution in [0.25, 0.3) is 11.4 Å². The molecule has 2 aromatic heterocycles. The first-order chi connectivity index (χ1) is 14.3. The highest BCUT2D eigenvalue weighted by atomic mass is 32.1. The van der Waals surface area contributed by atoms with Gasteiger partial charge in [-0.2, -0.15) is 18.2 Å². The molecule has 3 aromatic rings. The van der Waals surface area contributed by atoms with Crippen molar-refractivity contribution in [3.05, 3.63) is 46.3 Å². The summed E-state index contributed by atoms with van der Waals surface area (Å²) in [6, 6.07) is 4.81. The first kappa shape index (κ1) is 20.4. The molecule has 4 rings (SSSR count). The maximum atomic E-state index is 12.9. The van der Waals surface area contributed by atoms with E-state index in [4.69, 9.17) is 4.52 Å². The van der Waals surface area contributed by atoms with Gasteiger partial charge in [0.15, 0.2) is 0 Å². The van der Waals surface area contributed by atoms with Crippen LogP contribution in [-0.2, 0) is 12.7 Å². The lowest BCUT2D eigenvalue weighted by Crippen LogP contribution is -2.48. The second-order valence-corrected chi connectivity index (χ2v) is 7.60. The van der Waals surface area contributed by atoms with Crippen LogP contribution in [0.5, 0.6) is 0 Å². The molecule has 0 N–H and O–H groups in total. The molecule has 158 valence electrons. The van der Waals surface area contributed by atoms with E-state index in [9.17, 15) is 18.0 Å². The molecule has 8 nitrogen and oxygen atoms in total. The number of carbonyl (C=O) groups is 1. The molecular formula is C18H17F3N6O2S. The van der Waals surface area contributed by atoms with Crippen LogP contribution < -0.4 is 0 Å². The number of nitrogens with zero attached hydrogens (tertiary/aromatic N) is 6. The lowest BCUT2D eigenvalue weighted by atomic mass is 10.1. The van der Waals surface area contributed by atoms with Gasteiger partial charge < -0.3 is 9.42 Å². The summed E-state index contributed by atoms with van der Waals surface area (Å²) in [6.45, 7) is 4.39. The molecule has 0 radical (unpaired) electrons. The number of benzene rings is 1. The number of carbonyl (C=O) groups excluding carboxylic acids is 1. The van der Waals surface area contributed by atoms with E-state index < -0.39 is 11.7 Å². The molecule has 0 unspecified atom stereocenters. The minimum atomic E-state index is -4.44. The van der Waals surface area contributed by atoms with Crippen LogP contribution in [0.1, 0.15) is 26.8 Å². The molecule has 30 heavy (non-hydrogen) atoms. The van der Waals surface area contributed by atoms with Gasteiger partial charge in [0, 0.05) is 31.7 Å². The summed E-state index contributed by atoms with van der Waals surface area (Å²) < 4.78 is 47.7. The molecule has 0 spiro atoms. The fourth-order valence-corrected chi connectivity index (χ4v) is 3.77. The zero-order valence-electron chi connectivity index (χ0n) is 15.9. The molecule has 1 fully saturated rings. The van der Waals surface area contributed by atoms with Gasteiger partial charge in [0.1, 0.15) is 4.88 Å². The van der Waals surface area contributed by atoms with Gasteiger partial charge in [0.2, 0.25) is 11.7 Å². The third kappa shape index (κ3) is 4.33. The summed E-state index contributed by atoms with van der Waals surface area (Å²) in [5.41, 5.74) is 0.0997. The molecule has 3 heterocycles. The van der Waals surface area contributed by atoms with Crippen LogP contribution >= 0.6 is 11.5 Å². The van der Waals surface area contributed by atoms with E-state index in [1.54, 1.807) is 11.8 Å². The van der Waals surface area contributed by atoms with E-state index in [-0.39, 0.29) is 17.3 Å². The average Bonchev–Trinajstić information content (AvgIpc) is 3.36. The maximum absolute atomic E-state index is 12.9. The molecular weight excluding hydrogens is 421 g/mol. The van der Waals surface area contributed by atoms with Crippen LogP contribution in [0, 0.1) is 6.92 Å². The number of amides is 1. The summed E-state index contributed by atoms with van der Waals surface area (Å²) >= 11 is 1.09. The SMILES string of the molecule is Cc1nnsc1C(=O)N1CCN(Cc2nc(-c3cccc(C(F)(F)F)c3)no2)CC1. The van der Waals surface area contributed by atoms with Crippen molar-refractivity contribution in [2.24, 2.45) is 0 Å². The number of rotatable bonds is 4. The van der Waals surface area contributed by atoms with E-state index in [1.165, 1.54) is 12.1 Å². The molecule has 1 amide bonds. The fourth-order valence-electron chi connectivity index (χ4n) is 3.14. The van der Waals surface area contributed by atoms with Crippen LogP contribution in [0.2, 0.25) is 0 Å². The Labute approximate surface area is 173 Å².